The second-order valence-corrected chi connectivity index (χ2v) is 6.64. The molecule has 1 aliphatic heterocycles. The predicted octanol–water partition coefficient (Wildman–Crippen LogP) is 3.23. The molecule has 0 radical (unpaired) electrons. The van der Waals surface area contributed by atoms with Gasteiger partial charge in [-0.3, -0.25) is 14.9 Å². The second kappa shape index (κ2) is 6.70. The van der Waals surface area contributed by atoms with Crippen molar-refractivity contribution in [2.75, 3.05) is 6.54 Å². The maximum absolute atomic E-state index is 12.6. The average Bonchev–Trinajstić information content (AvgIpc) is 3.18. The van der Waals surface area contributed by atoms with Gasteiger partial charge in [-0.15, -0.1) is 0 Å². The minimum atomic E-state index is -0.451. The van der Waals surface area contributed by atoms with Gasteiger partial charge in [0.05, 0.1) is 4.92 Å². The maximum atomic E-state index is 12.6. The molecule has 1 aromatic heterocycles. The molecule has 2 aliphatic rings. The van der Waals surface area contributed by atoms with E-state index in [1.54, 1.807) is 23.1 Å². The summed E-state index contributed by atoms with van der Waals surface area (Å²) in [4.78, 5) is 29.0. The Bertz CT molecular complexity index is 854. The van der Waals surface area contributed by atoms with Crippen LogP contribution in [-0.4, -0.2) is 32.4 Å². The van der Waals surface area contributed by atoms with E-state index in [2.05, 4.69) is 10.1 Å². The van der Waals surface area contributed by atoms with Crippen molar-refractivity contribution in [3.8, 4) is 0 Å². The first-order chi connectivity index (χ1) is 12.6. The third-order valence-corrected chi connectivity index (χ3v) is 4.74. The molecule has 1 saturated heterocycles. The lowest BCUT2D eigenvalue weighted by molar-refractivity contribution is -0.384. The minimum Gasteiger partial charge on any atom is -0.337 e. The lowest BCUT2D eigenvalue weighted by Gasteiger charge is -2.20. The molecule has 1 aliphatic carbocycles. The lowest BCUT2D eigenvalue weighted by atomic mass is 10.2. The van der Waals surface area contributed by atoms with Gasteiger partial charge in [0, 0.05) is 30.7 Å². The second-order valence-electron chi connectivity index (χ2n) is 6.64. The normalized spacial score (nSPS) is 20.0. The van der Waals surface area contributed by atoms with Gasteiger partial charge in [-0.05, 0) is 49.5 Å². The fraction of sp³-hybridized carbons (Fsp3) is 0.389. The van der Waals surface area contributed by atoms with Gasteiger partial charge < -0.3 is 9.42 Å². The molecule has 1 saturated carbocycles. The largest absolute Gasteiger partial charge is 0.337 e. The van der Waals surface area contributed by atoms with E-state index in [9.17, 15) is 14.9 Å². The Morgan fingerprint density at radius 1 is 1.27 bits per heavy atom. The summed E-state index contributed by atoms with van der Waals surface area (Å²) in [6.07, 6.45) is 7.05. The highest BCUT2D eigenvalue weighted by Crippen LogP contribution is 2.39. The summed E-state index contributed by atoms with van der Waals surface area (Å²) in [5.74, 6) is 1.55. The lowest BCUT2D eigenvalue weighted by Crippen LogP contribution is -2.29. The molecule has 1 amide bonds. The summed E-state index contributed by atoms with van der Waals surface area (Å²) >= 11 is 0. The SMILES string of the molecule is O=C(/C=C/c1ccc([N+](=O)[O-])cc1)N1CCCC1c1nc(C2CC2)no1. The summed E-state index contributed by atoms with van der Waals surface area (Å²) in [6.45, 7) is 0.648. The van der Waals surface area contributed by atoms with Gasteiger partial charge >= 0.3 is 0 Å². The van der Waals surface area contributed by atoms with Crippen molar-refractivity contribution in [3.05, 3.63) is 57.7 Å². The van der Waals surface area contributed by atoms with Crippen LogP contribution in [0.4, 0.5) is 5.69 Å². The van der Waals surface area contributed by atoms with E-state index in [-0.39, 0.29) is 17.6 Å². The first-order valence-electron chi connectivity index (χ1n) is 8.68. The molecule has 4 rings (SSSR count). The molecule has 134 valence electrons. The van der Waals surface area contributed by atoms with Crippen LogP contribution in [0.5, 0.6) is 0 Å². The zero-order valence-corrected chi connectivity index (χ0v) is 14.1. The Balaban J connectivity index is 1.44. The van der Waals surface area contributed by atoms with Gasteiger partial charge in [-0.1, -0.05) is 5.16 Å². The summed E-state index contributed by atoms with van der Waals surface area (Å²) in [5, 5.41) is 14.7. The Morgan fingerprint density at radius 2 is 2.04 bits per heavy atom. The number of rotatable bonds is 5. The number of nitrogens with zero attached hydrogens (tertiary/aromatic N) is 4. The number of benzene rings is 1. The molecule has 1 atom stereocenters. The van der Waals surface area contributed by atoms with Crippen LogP contribution < -0.4 is 0 Å². The molecule has 26 heavy (non-hydrogen) atoms. The number of carbonyl (C=O) groups is 1. The number of nitro groups is 1. The van der Waals surface area contributed by atoms with Crippen LogP contribution in [-0.2, 0) is 4.79 Å². The van der Waals surface area contributed by atoms with E-state index in [0.717, 1.165) is 37.1 Å². The van der Waals surface area contributed by atoms with E-state index < -0.39 is 4.92 Å². The topological polar surface area (TPSA) is 102 Å². The van der Waals surface area contributed by atoms with Crippen molar-refractivity contribution in [2.45, 2.75) is 37.6 Å². The number of carbonyl (C=O) groups excluding carboxylic acids is 1. The van der Waals surface area contributed by atoms with Gasteiger partial charge in [0.2, 0.25) is 11.8 Å². The van der Waals surface area contributed by atoms with Crippen LogP contribution in [0.15, 0.2) is 34.9 Å². The van der Waals surface area contributed by atoms with Crippen molar-refractivity contribution in [1.82, 2.24) is 15.0 Å². The number of nitro benzene ring substituents is 1. The zero-order chi connectivity index (χ0) is 18.1. The molecule has 0 N–H and O–H groups in total. The van der Waals surface area contributed by atoms with Crippen LogP contribution in [0.2, 0.25) is 0 Å². The van der Waals surface area contributed by atoms with Gasteiger partial charge in [-0.25, -0.2) is 0 Å². The van der Waals surface area contributed by atoms with Crippen molar-refractivity contribution in [2.24, 2.45) is 0 Å². The number of hydrogen-bond acceptors (Lipinski definition) is 6. The van der Waals surface area contributed by atoms with Crippen molar-refractivity contribution in [3.63, 3.8) is 0 Å². The summed E-state index contributed by atoms with van der Waals surface area (Å²) in [5.41, 5.74) is 0.754. The first-order valence-corrected chi connectivity index (χ1v) is 8.68. The van der Waals surface area contributed by atoms with E-state index >= 15 is 0 Å². The predicted molar refractivity (Wildman–Crippen MR) is 92.1 cm³/mol. The molecule has 1 unspecified atom stereocenters. The third kappa shape index (κ3) is 3.35. The monoisotopic (exact) mass is 354 g/mol. The van der Waals surface area contributed by atoms with Crippen LogP contribution in [0.1, 0.15) is 54.9 Å². The number of hydrogen-bond donors (Lipinski definition) is 0. The Labute approximate surface area is 149 Å². The van der Waals surface area contributed by atoms with Gasteiger partial charge in [0.25, 0.3) is 5.69 Å². The Kier molecular flexibility index (Phi) is 4.24. The van der Waals surface area contributed by atoms with E-state index in [1.807, 2.05) is 0 Å². The molecular formula is C18H18N4O4. The van der Waals surface area contributed by atoms with Gasteiger partial charge in [0.15, 0.2) is 5.82 Å². The molecular weight excluding hydrogens is 336 g/mol. The average molecular weight is 354 g/mol. The summed E-state index contributed by atoms with van der Waals surface area (Å²) in [6, 6.07) is 5.89. The molecule has 0 bridgehead atoms. The van der Waals surface area contributed by atoms with Crippen LogP contribution in [0.3, 0.4) is 0 Å². The molecule has 8 heteroatoms. The molecule has 2 fully saturated rings. The van der Waals surface area contributed by atoms with Crippen LogP contribution in [0, 0.1) is 10.1 Å². The summed E-state index contributed by atoms with van der Waals surface area (Å²) in [7, 11) is 0. The number of non-ortho nitro benzene ring substituents is 1. The standard InChI is InChI=1S/C18H18N4O4/c23-16(10-5-12-3-8-14(9-4-12)22(24)25)21-11-1-2-15(21)18-19-17(20-26-18)13-6-7-13/h3-5,8-10,13,15H,1-2,6-7,11H2/b10-5+. The maximum Gasteiger partial charge on any atom is 0.269 e. The van der Waals surface area contributed by atoms with Crippen molar-refractivity contribution >= 4 is 17.7 Å². The fourth-order valence-corrected chi connectivity index (χ4v) is 3.15. The van der Waals surface area contributed by atoms with E-state index in [0.29, 0.717) is 18.4 Å². The molecule has 2 aromatic rings. The zero-order valence-electron chi connectivity index (χ0n) is 14.1. The highest BCUT2D eigenvalue weighted by Gasteiger charge is 2.35. The molecule has 0 spiro atoms. The highest BCUT2D eigenvalue weighted by molar-refractivity contribution is 5.92. The Morgan fingerprint density at radius 3 is 2.73 bits per heavy atom. The molecule has 8 nitrogen and oxygen atoms in total. The van der Waals surface area contributed by atoms with E-state index in [4.69, 9.17) is 4.52 Å². The quantitative estimate of drug-likeness (QED) is 0.464. The third-order valence-electron chi connectivity index (χ3n) is 4.74. The minimum absolute atomic E-state index is 0.0240. The molecule has 1 aromatic carbocycles. The summed E-state index contributed by atoms with van der Waals surface area (Å²) < 4.78 is 5.39. The fourth-order valence-electron chi connectivity index (χ4n) is 3.15. The van der Waals surface area contributed by atoms with Gasteiger partial charge in [0.1, 0.15) is 6.04 Å². The number of likely N-dealkylation sites (tertiary alicyclic amines) is 1. The first kappa shape index (κ1) is 16.4. The van der Waals surface area contributed by atoms with E-state index in [1.165, 1.54) is 18.2 Å². The van der Waals surface area contributed by atoms with Crippen molar-refractivity contribution in [1.29, 1.82) is 0 Å². The Hall–Kier alpha value is -3.03. The van der Waals surface area contributed by atoms with Crippen LogP contribution in [0.25, 0.3) is 6.08 Å². The highest BCUT2D eigenvalue weighted by atomic mass is 16.6. The molecule has 2 heterocycles. The van der Waals surface area contributed by atoms with Crippen molar-refractivity contribution < 1.29 is 14.2 Å². The number of amides is 1. The smallest absolute Gasteiger partial charge is 0.269 e. The van der Waals surface area contributed by atoms with Crippen LogP contribution >= 0.6 is 0 Å². The van der Waals surface area contributed by atoms with Gasteiger partial charge in [-0.2, -0.15) is 4.98 Å². The number of aromatic nitrogens is 2.